The van der Waals surface area contributed by atoms with Gasteiger partial charge < -0.3 is 20.8 Å². The monoisotopic (exact) mass is 356 g/mol. The third kappa shape index (κ3) is 4.49. The predicted octanol–water partition coefficient (Wildman–Crippen LogP) is 0.881. The summed E-state index contributed by atoms with van der Waals surface area (Å²) in [5.41, 5.74) is 0.625. The fraction of sp³-hybridized carbons (Fsp3) is 0.357. The molecule has 2 rings (SSSR count). The molecule has 124 valence electrons. The number of rotatable bonds is 6. The van der Waals surface area contributed by atoms with Gasteiger partial charge in [0.1, 0.15) is 11.1 Å². The van der Waals surface area contributed by atoms with Crippen LogP contribution in [0.2, 0.25) is 0 Å². The van der Waals surface area contributed by atoms with Crippen LogP contribution in [0.5, 0.6) is 0 Å². The van der Waals surface area contributed by atoms with Gasteiger partial charge in [-0.25, -0.2) is 9.59 Å². The van der Waals surface area contributed by atoms with Gasteiger partial charge in [-0.05, 0) is 23.9 Å². The summed E-state index contributed by atoms with van der Waals surface area (Å²) in [6.07, 6.45) is 0.0967. The quantitative estimate of drug-likeness (QED) is 0.598. The number of carbonyl (C=O) groups excluding carboxylic acids is 1. The Morgan fingerprint density at radius 3 is 2.74 bits per heavy atom. The zero-order valence-corrected chi connectivity index (χ0v) is 13.9. The molecule has 0 bridgehead atoms. The molecular weight excluding hydrogens is 340 g/mol. The molecule has 9 heteroatoms. The average molecular weight is 356 g/mol. The smallest absolute Gasteiger partial charge is 0.351 e. The van der Waals surface area contributed by atoms with E-state index in [1.54, 1.807) is 13.0 Å². The highest BCUT2D eigenvalue weighted by atomic mass is 32.2. The molecule has 1 aliphatic rings. The molecule has 0 saturated heterocycles. The Hall–Kier alpha value is -2.00. The number of thioether (sulfide) groups is 1. The van der Waals surface area contributed by atoms with Crippen LogP contribution in [0, 0.1) is 0 Å². The zero-order chi connectivity index (χ0) is 17.0. The van der Waals surface area contributed by atoms with Gasteiger partial charge in [-0.3, -0.25) is 4.79 Å². The first-order valence-electron chi connectivity index (χ1n) is 6.74. The van der Waals surface area contributed by atoms with Crippen LogP contribution >= 0.6 is 23.1 Å². The third-order valence-corrected chi connectivity index (χ3v) is 5.43. The molecule has 0 aromatic carbocycles. The van der Waals surface area contributed by atoms with Crippen molar-refractivity contribution >= 4 is 40.9 Å². The first kappa shape index (κ1) is 17.4. The molecule has 1 aromatic rings. The number of carboxylic acid groups (broad SMARTS) is 2. The maximum atomic E-state index is 12.0. The second-order valence-electron chi connectivity index (χ2n) is 4.98. The lowest BCUT2D eigenvalue weighted by Gasteiger charge is -2.30. The lowest BCUT2D eigenvalue weighted by atomic mass is 10.2. The normalized spacial score (nSPS) is 18.9. The molecule has 2 atom stereocenters. The standard InChI is InChI=1S/C14H16N2O5S2/c1-7-6-23-12(16-10(7)13(18)19)11(14(20)21)15-9(17)5-8-3-2-4-22-8/h2-4,11-12,16H,5-6H2,1H3,(H,15,17)(H,18,19)(H,20,21)/t11-,12-/m0/s1. The molecule has 0 unspecified atom stereocenters. The summed E-state index contributed by atoms with van der Waals surface area (Å²) in [4.78, 5) is 35.5. The molecule has 0 aliphatic carbocycles. The van der Waals surface area contributed by atoms with E-state index in [1.807, 2.05) is 11.4 Å². The van der Waals surface area contributed by atoms with Gasteiger partial charge in [0.25, 0.3) is 0 Å². The van der Waals surface area contributed by atoms with Crippen LogP contribution in [0.15, 0.2) is 28.8 Å². The fourth-order valence-corrected chi connectivity index (χ4v) is 3.94. The number of thiophene rings is 1. The Balaban J connectivity index is 2.05. The van der Waals surface area contributed by atoms with Crippen molar-refractivity contribution in [3.05, 3.63) is 33.7 Å². The van der Waals surface area contributed by atoms with Crippen LogP contribution in [0.1, 0.15) is 11.8 Å². The van der Waals surface area contributed by atoms with Crippen LogP contribution in [0.25, 0.3) is 0 Å². The molecule has 0 saturated carbocycles. The number of carboxylic acids is 2. The molecule has 7 nitrogen and oxygen atoms in total. The van der Waals surface area contributed by atoms with Crippen LogP contribution in [0.4, 0.5) is 0 Å². The highest BCUT2D eigenvalue weighted by molar-refractivity contribution is 8.00. The van der Waals surface area contributed by atoms with E-state index in [0.717, 1.165) is 4.88 Å². The van der Waals surface area contributed by atoms with Gasteiger partial charge in [-0.1, -0.05) is 6.07 Å². The number of nitrogens with one attached hydrogen (secondary N) is 2. The Kier molecular flexibility index (Phi) is 5.67. The molecule has 1 amide bonds. The van der Waals surface area contributed by atoms with E-state index in [0.29, 0.717) is 11.3 Å². The first-order valence-corrected chi connectivity index (χ1v) is 8.67. The minimum atomic E-state index is -1.21. The van der Waals surface area contributed by atoms with Crippen molar-refractivity contribution in [3.8, 4) is 0 Å². The van der Waals surface area contributed by atoms with E-state index in [1.165, 1.54) is 23.1 Å². The van der Waals surface area contributed by atoms with Gasteiger partial charge >= 0.3 is 11.9 Å². The second kappa shape index (κ2) is 7.51. The molecule has 1 aliphatic heterocycles. The Bertz CT molecular complexity index is 642. The zero-order valence-electron chi connectivity index (χ0n) is 12.2. The number of amides is 1. The van der Waals surface area contributed by atoms with Crippen molar-refractivity contribution < 1.29 is 24.6 Å². The Labute approximate surface area is 140 Å². The summed E-state index contributed by atoms with van der Waals surface area (Å²) in [5, 5.41) is 24.8. The second-order valence-corrected chi connectivity index (χ2v) is 7.14. The highest BCUT2D eigenvalue weighted by Gasteiger charge is 2.34. The van der Waals surface area contributed by atoms with E-state index in [-0.39, 0.29) is 12.1 Å². The Morgan fingerprint density at radius 1 is 1.43 bits per heavy atom. The summed E-state index contributed by atoms with van der Waals surface area (Å²) in [5.74, 6) is -2.37. The molecule has 0 spiro atoms. The van der Waals surface area contributed by atoms with Crippen LogP contribution in [-0.4, -0.2) is 45.2 Å². The summed E-state index contributed by atoms with van der Waals surface area (Å²) in [7, 11) is 0. The summed E-state index contributed by atoms with van der Waals surface area (Å²) < 4.78 is 0. The fourth-order valence-electron chi connectivity index (χ4n) is 2.08. The largest absolute Gasteiger partial charge is 0.480 e. The van der Waals surface area contributed by atoms with Gasteiger partial charge in [0.2, 0.25) is 5.91 Å². The maximum Gasteiger partial charge on any atom is 0.351 e. The number of hydrogen-bond donors (Lipinski definition) is 4. The lowest BCUT2D eigenvalue weighted by Crippen LogP contribution is -2.54. The van der Waals surface area contributed by atoms with E-state index in [9.17, 15) is 19.5 Å². The Morgan fingerprint density at radius 2 is 2.17 bits per heavy atom. The molecular formula is C14H16N2O5S2. The molecule has 23 heavy (non-hydrogen) atoms. The molecule has 0 fully saturated rings. The molecule has 4 N–H and O–H groups in total. The SMILES string of the molecule is CC1=C(C(=O)O)N[C@H]([C@H](NC(=O)Cc2cccs2)C(=O)O)SC1. The van der Waals surface area contributed by atoms with Gasteiger partial charge in [0, 0.05) is 10.6 Å². The highest BCUT2D eigenvalue weighted by Crippen LogP contribution is 2.24. The summed E-state index contributed by atoms with van der Waals surface area (Å²) in [6, 6.07) is 2.39. The predicted molar refractivity (Wildman–Crippen MR) is 87.3 cm³/mol. The van der Waals surface area contributed by atoms with Crippen molar-refractivity contribution in [3.63, 3.8) is 0 Å². The number of carbonyl (C=O) groups is 3. The van der Waals surface area contributed by atoms with E-state index in [4.69, 9.17) is 5.11 Å². The van der Waals surface area contributed by atoms with Crippen molar-refractivity contribution in [2.24, 2.45) is 0 Å². The van der Waals surface area contributed by atoms with Crippen molar-refractivity contribution in [1.29, 1.82) is 0 Å². The van der Waals surface area contributed by atoms with Gasteiger partial charge in [0.05, 0.1) is 6.42 Å². The average Bonchev–Trinajstić information content (AvgIpc) is 2.97. The van der Waals surface area contributed by atoms with Crippen molar-refractivity contribution in [2.45, 2.75) is 24.8 Å². The summed E-state index contributed by atoms with van der Waals surface area (Å²) >= 11 is 2.67. The molecule has 1 aromatic heterocycles. The van der Waals surface area contributed by atoms with E-state index in [2.05, 4.69) is 10.6 Å². The number of aliphatic carboxylic acids is 2. The van der Waals surface area contributed by atoms with Gasteiger partial charge in [0.15, 0.2) is 6.04 Å². The van der Waals surface area contributed by atoms with Crippen LogP contribution < -0.4 is 10.6 Å². The van der Waals surface area contributed by atoms with Crippen molar-refractivity contribution in [2.75, 3.05) is 5.75 Å². The van der Waals surface area contributed by atoms with Crippen molar-refractivity contribution in [1.82, 2.24) is 10.6 Å². The topological polar surface area (TPSA) is 116 Å². The molecule has 2 heterocycles. The number of hydrogen-bond acceptors (Lipinski definition) is 6. The van der Waals surface area contributed by atoms with E-state index >= 15 is 0 Å². The lowest BCUT2D eigenvalue weighted by molar-refractivity contribution is -0.142. The van der Waals surface area contributed by atoms with Crippen LogP contribution in [0.3, 0.4) is 0 Å². The van der Waals surface area contributed by atoms with Gasteiger partial charge in [-0.15, -0.1) is 23.1 Å². The first-order chi connectivity index (χ1) is 10.9. The minimum absolute atomic E-state index is 0.00694. The van der Waals surface area contributed by atoms with Gasteiger partial charge in [-0.2, -0.15) is 0 Å². The third-order valence-electron chi connectivity index (χ3n) is 3.21. The van der Waals surface area contributed by atoms with E-state index < -0.39 is 29.3 Å². The minimum Gasteiger partial charge on any atom is -0.480 e. The molecule has 0 radical (unpaired) electrons. The van der Waals surface area contributed by atoms with Crippen LogP contribution in [-0.2, 0) is 20.8 Å². The maximum absolute atomic E-state index is 12.0. The summed E-state index contributed by atoms with van der Waals surface area (Å²) in [6.45, 7) is 1.67.